The van der Waals surface area contributed by atoms with Crippen LogP contribution in [-0.4, -0.2) is 35.4 Å². The number of hydrogen-bond acceptors (Lipinski definition) is 3. The molecule has 0 bridgehead atoms. The first-order valence-electron chi connectivity index (χ1n) is 10.8. The van der Waals surface area contributed by atoms with Crippen LogP contribution in [0.5, 0.6) is 5.75 Å². The van der Waals surface area contributed by atoms with Crippen molar-refractivity contribution >= 4 is 23.4 Å². The zero-order valence-electron chi connectivity index (χ0n) is 19.1. The number of nitrogens with zero attached hydrogens (tertiary/aromatic N) is 1. The average Bonchev–Trinajstić information content (AvgIpc) is 2.72. The second-order valence-electron chi connectivity index (χ2n) is 8.00. The highest BCUT2D eigenvalue weighted by molar-refractivity contribution is 6.30. The van der Waals surface area contributed by atoms with Crippen LogP contribution in [0.2, 0.25) is 5.02 Å². The van der Waals surface area contributed by atoms with Gasteiger partial charge in [0.25, 0.3) is 5.91 Å². The lowest BCUT2D eigenvalue weighted by Gasteiger charge is -2.31. The van der Waals surface area contributed by atoms with Gasteiger partial charge in [0.15, 0.2) is 6.61 Å². The van der Waals surface area contributed by atoms with Gasteiger partial charge in [-0.15, -0.1) is 0 Å². The van der Waals surface area contributed by atoms with Gasteiger partial charge in [0.2, 0.25) is 5.91 Å². The van der Waals surface area contributed by atoms with Crippen molar-refractivity contribution in [2.75, 3.05) is 6.61 Å². The molecule has 0 spiro atoms. The summed E-state index contributed by atoms with van der Waals surface area (Å²) in [6.07, 6.45) is 1.33. The number of aryl methyl sites for hydroxylation is 2. The number of carbonyl (C=O) groups excluding carboxylic acids is 2. The Morgan fingerprint density at radius 3 is 2.19 bits per heavy atom. The summed E-state index contributed by atoms with van der Waals surface area (Å²) in [5.41, 5.74) is 3.04. The number of rotatable bonds is 10. The van der Waals surface area contributed by atoms with E-state index in [4.69, 9.17) is 16.3 Å². The van der Waals surface area contributed by atoms with Gasteiger partial charge in [-0.1, -0.05) is 43.6 Å². The third-order valence-electron chi connectivity index (χ3n) is 5.21. The monoisotopic (exact) mass is 444 g/mol. The number of nitrogens with one attached hydrogen (secondary N) is 1. The third-order valence-corrected chi connectivity index (χ3v) is 5.46. The number of benzene rings is 2. The zero-order chi connectivity index (χ0) is 23.0. The molecule has 2 aromatic rings. The highest BCUT2D eigenvalue weighted by Crippen LogP contribution is 2.18. The molecule has 0 aliphatic carbocycles. The van der Waals surface area contributed by atoms with E-state index in [1.54, 1.807) is 17.0 Å². The molecular weight excluding hydrogens is 412 g/mol. The first-order valence-corrected chi connectivity index (χ1v) is 11.2. The first-order chi connectivity index (χ1) is 14.7. The van der Waals surface area contributed by atoms with Crippen molar-refractivity contribution in [3.63, 3.8) is 0 Å². The van der Waals surface area contributed by atoms with Gasteiger partial charge in [0, 0.05) is 17.6 Å². The lowest BCUT2D eigenvalue weighted by atomic mass is 10.1. The quantitative estimate of drug-likeness (QED) is 0.557. The standard InChI is InChI=1S/C25H33ClN2O3/c1-6-19(5)27-25(30)23(7-2)28(15-20-8-10-21(26)11-9-20)24(29)16-31-22-13-17(3)12-18(4)14-22/h8-14,19,23H,6-7,15-16H2,1-5H3,(H,27,30)/t19-,23+/m1/s1. The van der Waals surface area contributed by atoms with E-state index in [1.165, 1.54) is 0 Å². The van der Waals surface area contributed by atoms with Gasteiger partial charge in [-0.25, -0.2) is 0 Å². The fourth-order valence-electron chi connectivity index (χ4n) is 3.39. The number of hydrogen-bond donors (Lipinski definition) is 1. The predicted molar refractivity (Wildman–Crippen MR) is 125 cm³/mol. The van der Waals surface area contributed by atoms with Gasteiger partial charge in [-0.3, -0.25) is 9.59 Å². The molecule has 0 aliphatic heterocycles. The van der Waals surface area contributed by atoms with Crippen molar-refractivity contribution in [1.29, 1.82) is 0 Å². The van der Waals surface area contributed by atoms with E-state index in [0.29, 0.717) is 23.7 Å². The van der Waals surface area contributed by atoms with Crippen molar-refractivity contribution in [2.45, 2.75) is 66.1 Å². The highest BCUT2D eigenvalue weighted by Gasteiger charge is 2.29. The van der Waals surface area contributed by atoms with Gasteiger partial charge < -0.3 is 15.0 Å². The first kappa shape index (κ1) is 24.7. The zero-order valence-corrected chi connectivity index (χ0v) is 19.8. The minimum atomic E-state index is -0.583. The molecule has 0 unspecified atom stereocenters. The van der Waals surface area contributed by atoms with Crippen molar-refractivity contribution < 1.29 is 14.3 Å². The summed E-state index contributed by atoms with van der Waals surface area (Å²) in [4.78, 5) is 27.7. The van der Waals surface area contributed by atoms with E-state index >= 15 is 0 Å². The van der Waals surface area contributed by atoms with E-state index in [0.717, 1.165) is 23.1 Å². The third kappa shape index (κ3) is 7.59. The molecule has 0 saturated carbocycles. The maximum absolute atomic E-state index is 13.2. The van der Waals surface area contributed by atoms with Crippen LogP contribution in [0.15, 0.2) is 42.5 Å². The summed E-state index contributed by atoms with van der Waals surface area (Å²) < 4.78 is 5.80. The Kier molecular flexibility index (Phi) is 9.38. The van der Waals surface area contributed by atoms with Crippen molar-refractivity contribution in [1.82, 2.24) is 10.2 Å². The molecule has 0 radical (unpaired) electrons. The van der Waals surface area contributed by atoms with Crippen LogP contribution in [-0.2, 0) is 16.1 Å². The Hall–Kier alpha value is -2.53. The molecule has 2 rings (SSSR count). The molecule has 0 heterocycles. The van der Waals surface area contributed by atoms with E-state index in [1.807, 2.05) is 65.0 Å². The van der Waals surface area contributed by atoms with Crippen molar-refractivity contribution in [3.05, 3.63) is 64.2 Å². The minimum absolute atomic E-state index is 0.0422. The van der Waals surface area contributed by atoms with E-state index in [2.05, 4.69) is 5.32 Å². The lowest BCUT2D eigenvalue weighted by Crippen LogP contribution is -2.51. The van der Waals surface area contributed by atoms with Crippen molar-refractivity contribution in [2.24, 2.45) is 0 Å². The largest absolute Gasteiger partial charge is 0.484 e. The maximum atomic E-state index is 13.2. The Bertz CT molecular complexity index is 863. The van der Waals surface area contributed by atoms with Gasteiger partial charge in [0.1, 0.15) is 11.8 Å². The number of ether oxygens (including phenoxy) is 1. The van der Waals surface area contributed by atoms with Gasteiger partial charge in [-0.05, 0) is 74.6 Å². The second-order valence-corrected chi connectivity index (χ2v) is 8.44. The summed E-state index contributed by atoms with van der Waals surface area (Å²) in [6.45, 7) is 10.0. The maximum Gasteiger partial charge on any atom is 0.261 e. The SMILES string of the molecule is CC[C@@H](C)NC(=O)[C@H](CC)N(Cc1ccc(Cl)cc1)C(=O)COc1cc(C)cc(C)c1. The Morgan fingerprint density at radius 1 is 1.03 bits per heavy atom. The predicted octanol–water partition coefficient (Wildman–Crippen LogP) is 5.06. The van der Waals surface area contributed by atoms with Crippen LogP contribution in [0, 0.1) is 13.8 Å². The molecule has 0 aliphatic rings. The molecule has 2 amide bonds. The Labute approximate surface area is 190 Å². The van der Waals surface area contributed by atoms with Crippen LogP contribution in [0.1, 0.15) is 50.3 Å². The van der Waals surface area contributed by atoms with Crippen LogP contribution in [0.3, 0.4) is 0 Å². The van der Waals surface area contributed by atoms with E-state index < -0.39 is 6.04 Å². The van der Waals surface area contributed by atoms with Crippen LogP contribution < -0.4 is 10.1 Å². The smallest absolute Gasteiger partial charge is 0.261 e. The molecule has 6 heteroatoms. The van der Waals surface area contributed by atoms with Crippen LogP contribution in [0.4, 0.5) is 0 Å². The average molecular weight is 445 g/mol. The van der Waals surface area contributed by atoms with E-state index in [9.17, 15) is 9.59 Å². The normalized spacial score (nSPS) is 12.7. The molecular formula is C25H33ClN2O3. The van der Waals surface area contributed by atoms with E-state index in [-0.39, 0.29) is 24.5 Å². The van der Waals surface area contributed by atoms with Crippen LogP contribution in [0.25, 0.3) is 0 Å². The summed E-state index contributed by atoms with van der Waals surface area (Å²) >= 11 is 6.00. The summed E-state index contributed by atoms with van der Waals surface area (Å²) in [7, 11) is 0. The molecule has 31 heavy (non-hydrogen) atoms. The molecule has 168 valence electrons. The minimum Gasteiger partial charge on any atom is -0.484 e. The number of halogens is 1. The fourth-order valence-corrected chi connectivity index (χ4v) is 3.52. The second kappa shape index (κ2) is 11.8. The van der Waals surface area contributed by atoms with Crippen LogP contribution >= 0.6 is 11.6 Å². The summed E-state index contributed by atoms with van der Waals surface area (Å²) in [5.74, 6) is 0.264. The highest BCUT2D eigenvalue weighted by atomic mass is 35.5. The molecule has 2 aromatic carbocycles. The number of carbonyl (C=O) groups is 2. The molecule has 2 atom stereocenters. The molecule has 0 saturated heterocycles. The fraction of sp³-hybridized carbons (Fsp3) is 0.440. The van der Waals surface area contributed by atoms with Gasteiger partial charge >= 0.3 is 0 Å². The van der Waals surface area contributed by atoms with Crippen molar-refractivity contribution in [3.8, 4) is 5.75 Å². The summed E-state index contributed by atoms with van der Waals surface area (Å²) in [5, 5.41) is 3.63. The van der Waals surface area contributed by atoms with Gasteiger partial charge in [0.05, 0.1) is 0 Å². The molecule has 5 nitrogen and oxygen atoms in total. The molecule has 0 aromatic heterocycles. The Morgan fingerprint density at radius 2 is 1.65 bits per heavy atom. The lowest BCUT2D eigenvalue weighted by molar-refractivity contribution is -0.143. The Balaban J connectivity index is 2.22. The molecule has 0 fully saturated rings. The topological polar surface area (TPSA) is 58.6 Å². The molecule has 1 N–H and O–H groups in total. The summed E-state index contributed by atoms with van der Waals surface area (Å²) in [6, 6.07) is 12.6. The number of amides is 2. The van der Waals surface area contributed by atoms with Gasteiger partial charge in [-0.2, -0.15) is 0 Å².